The van der Waals surface area contributed by atoms with Gasteiger partial charge in [-0.3, -0.25) is 9.48 Å². The average Bonchev–Trinajstić information content (AvgIpc) is 3.15. The third-order valence-corrected chi connectivity index (χ3v) is 3.88. The number of aromatic nitrogens is 2. The van der Waals surface area contributed by atoms with Crippen molar-refractivity contribution in [1.29, 1.82) is 0 Å². The van der Waals surface area contributed by atoms with Gasteiger partial charge in [-0.1, -0.05) is 24.3 Å². The first kappa shape index (κ1) is 17.4. The largest absolute Gasteiger partial charge is 0.378 e. The number of carbonyl (C=O) groups is 1. The summed E-state index contributed by atoms with van der Waals surface area (Å²) >= 11 is 0. The van der Waals surface area contributed by atoms with E-state index in [1.54, 1.807) is 18.5 Å². The molecular weight excluding hydrogens is 326 g/mol. The minimum atomic E-state index is -0.242. The molecular formula is C20H21N5O. The molecule has 0 bridgehead atoms. The second-order valence-corrected chi connectivity index (χ2v) is 6.09. The maximum Gasteiger partial charge on any atom is 0.271 e. The molecule has 1 N–H and O–H groups in total. The molecule has 1 amide bonds. The van der Waals surface area contributed by atoms with Crippen LogP contribution in [0, 0.1) is 0 Å². The normalized spacial score (nSPS) is 10.8. The van der Waals surface area contributed by atoms with Crippen LogP contribution in [-0.4, -0.2) is 36.0 Å². The summed E-state index contributed by atoms with van der Waals surface area (Å²) in [7, 11) is 3.98. The molecule has 6 nitrogen and oxygen atoms in total. The van der Waals surface area contributed by atoms with Crippen LogP contribution >= 0.6 is 0 Å². The van der Waals surface area contributed by atoms with Crippen molar-refractivity contribution in [2.24, 2.45) is 5.10 Å². The van der Waals surface area contributed by atoms with E-state index in [0.717, 1.165) is 16.8 Å². The van der Waals surface area contributed by atoms with Gasteiger partial charge in [0.15, 0.2) is 0 Å². The van der Waals surface area contributed by atoms with Crippen LogP contribution in [0.15, 0.2) is 72.1 Å². The Bertz CT molecular complexity index is 883. The summed E-state index contributed by atoms with van der Waals surface area (Å²) in [6.07, 6.45) is 5.25. The van der Waals surface area contributed by atoms with Crippen molar-refractivity contribution in [3.05, 3.63) is 83.7 Å². The van der Waals surface area contributed by atoms with Crippen LogP contribution in [0.4, 0.5) is 5.69 Å². The molecule has 132 valence electrons. The Labute approximate surface area is 152 Å². The number of amides is 1. The zero-order chi connectivity index (χ0) is 18.4. The highest BCUT2D eigenvalue weighted by Gasteiger charge is 2.05. The smallest absolute Gasteiger partial charge is 0.271 e. The molecule has 0 atom stereocenters. The molecule has 0 saturated heterocycles. The fraction of sp³-hybridized carbons (Fsp3) is 0.150. The summed E-state index contributed by atoms with van der Waals surface area (Å²) in [5, 5.41) is 8.22. The van der Waals surface area contributed by atoms with Crippen molar-refractivity contribution in [2.75, 3.05) is 19.0 Å². The van der Waals surface area contributed by atoms with Crippen LogP contribution in [0.3, 0.4) is 0 Å². The molecule has 0 aliphatic heterocycles. The Kier molecular flexibility index (Phi) is 5.43. The first-order valence-corrected chi connectivity index (χ1v) is 8.29. The first-order valence-electron chi connectivity index (χ1n) is 8.29. The van der Waals surface area contributed by atoms with Crippen molar-refractivity contribution in [2.45, 2.75) is 6.54 Å². The number of rotatable bonds is 6. The number of anilines is 1. The summed E-state index contributed by atoms with van der Waals surface area (Å²) in [5.41, 5.74) is 6.17. The molecule has 1 aromatic heterocycles. The summed E-state index contributed by atoms with van der Waals surface area (Å²) in [6.45, 7) is 0.621. The van der Waals surface area contributed by atoms with Crippen LogP contribution in [0.1, 0.15) is 21.5 Å². The second-order valence-electron chi connectivity index (χ2n) is 6.09. The summed E-state index contributed by atoms with van der Waals surface area (Å²) < 4.78 is 1.81. The van der Waals surface area contributed by atoms with Gasteiger partial charge < -0.3 is 4.90 Å². The molecule has 0 saturated carbocycles. The number of carbonyl (C=O) groups excluding carboxylic acids is 1. The van der Waals surface area contributed by atoms with E-state index in [1.807, 2.05) is 78.4 Å². The van der Waals surface area contributed by atoms with Gasteiger partial charge in [0.25, 0.3) is 5.91 Å². The molecule has 0 spiro atoms. The number of nitrogens with one attached hydrogen (secondary N) is 1. The fourth-order valence-corrected chi connectivity index (χ4v) is 2.48. The van der Waals surface area contributed by atoms with E-state index in [0.29, 0.717) is 12.1 Å². The minimum absolute atomic E-state index is 0.242. The highest BCUT2D eigenvalue weighted by molar-refractivity contribution is 5.95. The highest BCUT2D eigenvalue weighted by atomic mass is 16.2. The number of hydrazone groups is 1. The number of hydrogen-bond acceptors (Lipinski definition) is 4. The molecule has 6 heteroatoms. The zero-order valence-corrected chi connectivity index (χ0v) is 14.8. The minimum Gasteiger partial charge on any atom is -0.378 e. The van der Waals surface area contributed by atoms with Gasteiger partial charge in [-0.15, -0.1) is 0 Å². The topological polar surface area (TPSA) is 62.5 Å². The van der Waals surface area contributed by atoms with E-state index in [9.17, 15) is 4.79 Å². The van der Waals surface area contributed by atoms with Gasteiger partial charge in [0.05, 0.1) is 12.8 Å². The number of nitrogens with zero attached hydrogens (tertiary/aromatic N) is 4. The van der Waals surface area contributed by atoms with Crippen LogP contribution in [0.5, 0.6) is 0 Å². The predicted octanol–water partition coefficient (Wildman–Crippen LogP) is 2.76. The van der Waals surface area contributed by atoms with E-state index in [2.05, 4.69) is 15.6 Å². The van der Waals surface area contributed by atoms with Crippen molar-refractivity contribution in [3.63, 3.8) is 0 Å². The predicted molar refractivity (Wildman–Crippen MR) is 104 cm³/mol. The molecule has 0 aliphatic rings. The Morgan fingerprint density at radius 1 is 1.19 bits per heavy atom. The van der Waals surface area contributed by atoms with Crippen LogP contribution in [0.2, 0.25) is 0 Å². The Morgan fingerprint density at radius 3 is 2.69 bits per heavy atom. The SMILES string of the molecule is CN(C)c1ccc(/C=N\NC(=O)c2cccc(Cn3cccn3)c2)cc1. The third kappa shape index (κ3) is 4.57. The van der Waals surface area contributed by atoms with Gasteiger partial charge >= 0.3 is 0 Å². The Balaban J connectivity index is 1.61. The van der Waals surface area contributed by atoms with Crippen LogP contribution in [-0.2, 0) is 6.54 Å². The quantitative estimate of drug-likeness (QED) is 0.551. The summed E-state index contributed by atoms with van der Waals surface area (Å²) in [6, 6.07) is 17.2. The monoisotopic (exact) mass is 347 g/mol. The molecule has 3 aromatic rings. The highest BCUT2D eigenvalue weighted by Crippen LogP contribution is 2.11. The van der Waals surface area contributed by atoms with E-state index in [1.165, 1.54) is 0 Å². The standard InChI is InChI=1S/C20H21N5O/c1-24(2)19-9-7-16(8-10-19)14-21-23-20(26)18-6-3-5-17(13-18)15-25-12-4-11-22-25/h3-14H,15H2,1-2H3,(H,23,26)/b21-14-. The number of hydrogen-bond donors (Lipinski definition) is 1. The lowest BCUT2D eigenvalue weighted by Crippen LogP contribution is -2.18. The van der Waals surface area contributed by atoms with Crippen molar-refractivity contribution in [3.8, 4) is 0 Å². The maximum atomic E-state index is 12.3. The second kappa shape index (κ2) is 8.11. The third-order valence-electron chi connectivity index (χ3n) is 3.88. The Morgan fingerprint density at radius 2 is 2.00 bits per heavy atom. The van der Waals surface area contributed by atoms with Crippen LogP contribution < -0.4 is 10.3 Å². The van der Waals surface area contributed by atoms with E-state index in [4.69, 9.17) is 0 Å². The van der Waals surface area contributed by atoms with Gasteiger partial charge in [-0.25, -0.2) is 5.43 Å². The van der Waals surface area contributed by atoms with E-state index in [-0.39, 0.29) is 5.91 Å². The van der Waals surface area contributed by atoms with Gasteiger partial charge in [0.2, 0.25) is 0 Å². The van der Waals surface area contributed by atoms with Crippen LogP contribution in [0.25, 0.3) is 0 Å². The molecule has 26 heavy (non-hydrogen) atoms. The van der Waals surface area contributed by atoms with Gasteiger partial charge in [0, 0.05) is 37.7 Å². The molecule has 1 heterocycles. The lowest BCUT2D eigenvalue weighted by atomic mass is 10.1. The van der Waals surface area contributed by atoms with E-state index < -0.39 is 0 Å². The zero-order valence-electron chi connectivity index (χ0n) is 14.8. The summed E-state index contributed by atoms with van der Waals surface area (Å²) in [4.78, 5) is 14.3. The van der Waals surface area contributed by atoms with Gasteiger partial charge in [-0.05, 0) is 41.5 Å². The van der Waals surface area contributed by atoms with Gasteiger partial charge in [0.1, 0.15) is 0 Å². The lowest BCUT2D eigenvalue weighted by Gasteiger charge is -2.11. The van der Waals surface area contributed by atoms with Crippen molar-refractivity contribution in [1.82, 2.24) is 15.2 Å². The molecule has 0 fully saturated rings. The Hall–Kier alpha value is -3.41. The molecule has 3 rings (SSSR count). The summed E-state index contributed by atoms with van der Waals surface area (Å²) in [5.74, 6) is -0.242. The van der Waals surface area contributed by atoms with Gasteiger partial charge in [-0.2, -0.15) is 10.2 Å². The molecule has 0 unspecified atom stereocenters. The molecule has 2 aromatic carbocycles. The lowest BCUT2D eigenvalue weighted by molar-refractivity contribution is 0.0955. The van der Waals surface area contributed by atoms with Crippen molar-refractivity contribution < 1.29 is 4.79 Å². The molecule has 0 radical (unpaired) electrons. The molecule has 0 aliphatic carbocycles. The average molecular weight is 347 g/mol. The van der Waals surface area contributed by atoms with Crippen molar-refractivity contribution >= 4 is 17.8 Å². The maximum absolute atomic E-state index is 12.3. The van der Waals surface area contributed by atoms with E-state index >= 15 is 0 Å². The first-order chi connectivity index (χ1) is 12.6. The fourth-order valence-electron chi connectivity index (χ4n) is 2.48. The number of benzene rings is 2.